The summed E-state index contributed by atoms with van der Waals surface area (Å²) in [5.74, 6) is 0.0164. The van der Waals surface area contributed by atoms with Gasteiger partial charge in [0.1, 0.15) is 0 Å². The first-order valence-corrected chi connectivity index (χ1v) is 7.72. The van der Waals surface area contributed by atoms with E-state index in [0.717, 1.165) is 21.4 Å². The van der Waals surface area contributed by atoms with Gasteiger partial charge in [-0.15, -0.1) is 11.3 Å². The second-order valence-electron chi connectivity index (χ2n) is 5.59. The highest BCUT2D eigenvalue weighted by Gasteiger charge is 2.24. The van der Waals surface area contributed by atoms with Crippen LogP contribution in [0, 0.1) is 0 Å². The minimum absolute atomic E-state index is 0.179. The third kappa shape index (κ3) is 2.48. The zero-order valence-electron chi connectivity index (χ0n) is 11.6. The van der Waals surface area contributed by atoms with Crippen LogP contribution in [0.3, 0.4) is 0 Å². The molecule has 1 fully saturated rings. The Bertz CT molecular complexity index is 639. The Kier molecular flexibility index (Phi) is 3.34. The number of nitrogens with zero attached hydrogens (tertiary/aromatic N) is 1. The van der Waals surface area contributed by atoms with E-state index in [-0.39, 0.29) is 11.6 Å². The molecule has 0 spiro atoms. The third-order valence-electron chi connectivity index (χ3n) is 3.56. The lowest BCUT2D eigenvalue weighted by Gasteiger charge is -2.02. The molecule has 0 amide bonds. The van der Waals surface area contributed by atoms with Crippen LogP contribution >= 0.6 is 11.3 Å². The van der Waals surface area contributed by atoms with Gasteiger partial charge >= 0.3 is 5.97 Å². The Hall–Kier alpha value is -1.68. The number of benzene rings is 1. The average molecular weight is 287 g/mol. The summed E-state index contributed by atoms with van der Waals surface area (Å²) in [6.07, 6.45) is 2.55. The molecule has 1 aliphatic carbocycles. The van der Waals surface area contributed by atoms with Crippen molar-refractivity contribution < 1.29 is 9.90 Å². The number of thiazole rings is 1. The van der Waals surface area contributed by atoms with Crippen LogP contribution in [-0.2, 0) is 0 Å². The van der Waals surface area contributed by atoms with Gasteiger partial charge in [-0.25, -0.2) is 9.78 Å². The predicted octanol–water partition coefficient (Wildman–Crippen LogP) is 4.51. The normalized spacial score (nSPS) is 14.8. The fourth-order valence-electron chi connectivity index (χ4n) is 2.25. The molecule has 3 nitrogen and oxygen atoms in total. The lowest BCUT2D eigenvalue weighted by Crippen LogP contribution is -1.99. The second kappa shape index (κ2) is 5.02. The van der Waals surface area contributed by atoms with Crippen LogP contribution in [0.2, 0.25) is 0 Å². The monoisotopic (exact) mass is 287 g/mol. The number of aromatic nitrogens is 1. The maximum atomic E-state index is 11.4. The highest BCUT2D eigenvalue weighted by atomic mass is 32.1. The summed E-state index contributed by atoms with van der Waals surface area (Å²) >= 11 is 1.49. The van der Waals surface area contributed by atoms with E-state index in [4.69, 9.17) is 0 Å². The van der Waals surface area contributed by atoms with Crippen molar-refractivity contribution in [2.45, 2.75) is 38.5 Å². The van der Waals surface area contributed by atoms with Crippen LogP contribution in [0.5, 0.6) is 0 Å². The summed E-state index contributed by atoms with van der Waals surface area (Å²) < 4.78 is 0. The molecule has 1 heterocycles. The topological polar surface area (TPSA) is 50.2 Å². The van der Waals surface area contributed by atoms with E-state index >= 15 is 0 Å². The standard InChI is InChI=1S/C16H17NO2S/c1-9(2)15-17-13(16(18)19)14(20-15)12-7-5-11(6-8-12)10-3-4-10/h5-10H,3-4H2,1-2H3,(H,18,19). The molecule has 0 radical (unpaired) electrons. The SMILES string of the molecule is CC(C)c1nc(C(=O)O)c(-c2ccc(C3CC3)cc2)s1. The Morgan fingerprint density at radius 1 is 1.30 bits per heavy atom. The van der Waals surface area contributed by atoms with Crippen LogP contribution in [0.1, 0.15) is 59.6 Å². The van der Waals surface area contributed by atoms with Crippen LogP contribution in [0.25, 0.3) is 10.4 Å². The number of carboxylic acid groups (broad SMARTS) is 1. The Morgan fingerprint density at radius 2 is 1.95 bits per heavy atom. The van der Waals surface area contributed by atoms with E-state index < -0.39 is 5.97 Å². The molecule has 0 aliphatic heterocycles. The van der Waals surface area contributed by atoms with Crippen molar-refractivity contribution in [3.05, 3.63) is 40.5 Å². The van der Waals surface area contributed by atoms with Crippen molar-refractivity contribution in [1.82, 2.24) is 4.98 Å². The zero-order chi connectivity index (χ0) is 14.3. The smallest absolute Gasteiger partial charge is 0.356 e. The van der Waals surface area contributed by atoms with Crippen LogP contribution in [0.4, 0.5) is 0 Å². The molecule has 2 aromatic rings. The Morgan fingerprint density at radius 3 is 2.45 bits per heavy atom. The quantitative estimate of drug-likeness (QED) is 0.900. The van der Waals surface area contributed by atoms with Crippen molar-refractivity contribution in [3.8, 4) is 10.4 Å². The minimum atomic E-state index is -0.950. The molecular formula is C16H17NO2S. The first kappa shape index (κ1) is 13.3. The summed E-state index contributed by atoms with van der Waals surface area (Å²) in [4.78, 5) is 16.4. The molecule has 3 rings (SSSR count). The van der Waals surface area contributed by atoms with Crippen molar-refractivity contribution in [2.24, 2.45) is 0 Å². The fraction of sp³-hybridized carbons (Fsp3) is 0.375. The Labute approximate surface area is 122 Å². The molecular weight excluding hydrogens is 270 g/mol. The molecule has 1 aromatic heterocycles. The average Bonchev–Trinajstić information content (AvgIpc) is 3.16. The van der Waals surface area contributed by atoms with E-state index in [2.05, 4.69) is 17.1 Å². The molecule has 1 aromatic carbocycles. The molecule has 1 aliphatic rings. The van der Waals surface area contributed by atoms with E-state index in [1.54, 1.807) is 0 Å². The van der Waals surface area contributed by atoms with Crippen LogP contribution < -0.4 is 0 Å². The maximum Gasteiger partial charge on any atom is 0.356 e. The van der Waals surface area contributed by atoms with E-state index in [0.29, 0.717) is 0 Å². The zero-order valence-corrected chi connectivity index (χ0v) is 12.4. The number of rotatable bonds is 4. The molecule has 1 saturated carbocycles. The van der Waals surface area contributed by atoms with Gasteiger partial charge in [0.25, 0.3) is 0 Å². The second-order valence-corrected chi connectivity index (χ2v) is 6.62. The fourth-order valence-corrected chi connectivity index (χ4v) is 3.31. The number of hydrogen-bond donors (Lipinski definition) is 1. The first-order valence-electron chi connectivity index (χ1n) is 6.90. The highest BCUT2D eigenvalue weighted by molar-refractivity contribution is 7.15. The van der Waals surface area contributed by atoms with Gasteiger partial charge in [-0.1, -0.05) is 38.1 Å². The summed E-state index contributed by atoms with van der Waals surface area (Å²) in [6, 6.07) is 8.29. The van der Waals surface area contributed by atoms with Crippen molar-refractivity contribution in [1.29, 1.82) is 0 Å². The number of hydrogen-bond acceptors (Lipinski definition) is 3. The van der Waals surface area contributed by atoms with Crippen molar-refractivity contribution >= 4 is 17.3 Å². The van der Waals surface area contributed by atoms with Gasteiger partial charge in [0, 0.05) is 5.92 Å². The third-order valence-corrected chi connectivity index (χ3v) is 4.97. The molecule has 20 heavy (non-hydrogen) atoms. The number of carbonyl (C=O) groups is 1. The lowest BCUT2D eigenvalue weighted by molar-refractivity contribution is 0.0692. The Balaban J connectivity index is 2.00. The van der Waals surface area contributed by atoms with E-state index in [1.807, 2.05) is 26.0 Å². The molecule has 1 N–H and O–H groups in total. The van der Waals surface area contributed by atoms with Gasteiger partial charge in [-0.3, -0.25) is 0 Å². The first-order chi connectivity index (χ1) is 9.56. The number of carboxylic acids is 1. The van der Waals surface area contributed by atoms with Gasteiger partial charge in [0.15, 0.2) is 5.69 Å². The van der Waals surface area contributed by atoms with Crippen molar-refractivity contribution in [3.63, 3.8) is 0 Å². The van der Waals surface area contributed by atoms with Gasteiger partial charge < -0.3 is 5.11 Å². The largest absolute Gasteiger partial charge is 0.476 e. The van der Waals surface area contributed by atoms with Gasteiger partial charge in [-0.05, 0) is 29.9 Å². The van der Waals surface area contributed by atoms with Gasteiger partial charge in [-0.2, -0.15) is 0 Å². The highest BCUT2D eigenvalue weighted by Crippen LogP contribution is 2.41. The predicted molar refractivity (Wildman–Crippen MR) is 80.6 cm³/mol. The summed E-state index contributed by atoms with van der Waals surface area (Å²) in [6.45, 7) is 4.06. The number of aromatic carboxylic acids is 1. The van der Waals surface area contributed by atoms with Crippen LogP contribution in [0.15, 0.2) is 24.3 Å². The summed E-state index contributed by atoms with van der Waals surface area (Å²) in [5, 5.41) is 10.2. The molecule has 0 atom stereocenters. The minimum Gasteiger partial charge on any atom is -0.476 e. The van der Waals surface area contributed by atoms with Crippen molar-refractivity contribution in [2.75, 3.05) is 0 Å². The van der Waals surface area contributed by atoms with Gasteiger partial charge in [0.05, 0.1) is 9.88 Å². The molecule has 0 unspecified atom stereocenters. The maximum absolute atomic E-state index is 11.4. The van der Waals surface area contributed by atoms with Gasteiger partial charge in [0.2, 0.25) is 0 Å². The molecule has 0 saturated heterocycles. The molecule has 4 heteroatoms. The van der Waals surface area contributed by atoms with Crippen LogP contribution in [-0.4, -0.2) is 16.1 Å². The van der Waals surface area contributed by atoms with E-state index in [9.17, 15) is 9.90 Å². The summed E-state index contributed by atoms with van der Waals surface area (Å²) in [5.41, 5.74) is 2.49. The molecule has 0 bridgehead atoms. The summed E-state index contributed by atoms with van der Waals surface area (Å²) in [7, 11) is 0. The molecule has 104 valence electrons. The lowest BCUT2D eigenvalue weighted by atomic mass is 10.1. The van der Waals surface area contributed by atoms with E-state index in [1.165, 1.54) is 29.7 Å².